The third kappa shape index (κ3) is 4.45. The van der Waals surface area contributed by atoms with E-state index in [1.807, 2.05) is 24.3 Å². The molecule has 3 aromatic rings. The summed E-state index contributed by atoms with van der Waals surface area (Å²) in [6, 6.07) is 16.4. The van der Waals surface area contributed by atoms with Crippen LogP contribution < -0.4 is 9.47 Å². The number of benzene rings is 2. The lowest BCUT2D eigenvalue weighted by atomic mass is 10.1. The van der Waals surface area contributed by atoms with E-state index in [9.17, 15) is 0 Å². The molecule has 1 heterocycles. The Morgan fingerprint density at radius 1 is 1.04 bits per heavy atom. The molecular formula is C21H23NO2S. The number of nitrogens with zero attached hydrogens (tertiary/aromatic N) is 1. The number of rotatable bonds is 7. The van der Waals surface area contributed by atoms with Crippen LogP contribution in [0.15, 0.2) is 53.6 Å². The number of hydrogen-bond donors (Lipinski definition) is 0. The number of para-hydroxylation sites is 1. The summed E-state index contributed by atoms with van der Waals surface area (Å²) in [7, 11) is 1.69. The second-order valence-corrected chi connectivity index (χ2v) is 7.11. The molecular weight excluding hydrogens is 330 g/mol. The minimum absolute atomic E-state index is 0.714. The Kier molecular flexibility index (Phi) is 5.82. The minimum atomic E-state index is 0.714. The van der Waals surface area contributed by atoms with Crippen LogP contribution in [0, 0.1) is 13.8 Å². The van der Waals surface area contributed by atoms with Crippen LogP contribution in [0.1, 0.15) is 17.5 Å². The molecule has 3 rings (SSSR count). The first-order valence-corrected chi connectivity index (χ1v) is 9.42. The van der Waals surface area contributed by atoms with Gasteiger partial charge < -0.3 is 9.47 Å². The average Bonchev–Trinajstić information content (AvgIpc) is 2.62. The summed E-state index contributed by atoms with van der Waals surface area (Å²) in [5.41, 5.74) is 3.40. The molecule has 1 aromatic heterocycles. The lowest BCUT2D eigenvalue weighted by Gasteiger charge is -2.10. The summed E-state index contributed by atoms with van der Waals surface area (Å²) in [6.07, 6.45) is 0.975. The van der Waals surface area contributed by atoms with Gasteiger partial charge in [-0.25, -0.2) is 4.98 Å². The van der Waals surface area contributed by atoms with Gasteiger partial charge in [-0.05, 0) is 50.1 Å². The van der Waals surface area contributed by atoms with Crippen molar-refractivity contribution in [2.45, 2.75) is 25.3 Å². The van der Waals surface area contributed by atoms with Crippen molar-refractivity contribution in [3.05, 3.63) is 59.7 Å². The van der Waals surface area contributed by atoms with Crippen LogP contribution in [0.25, 0.3) is 10.9 Å². The number of aryl methyl sites for hydroxylation is 2. The lowest BCUT2D eigenvalue weighted by molar-refractivity contribution is 0.318. The predicted octanol–water partition coefficient (Wildman–Crippen LogP) is 5.42. The molecule has 0 bridgehead atoms. The van der Waals surface area contributed by atoms with E-state index >= 15 is 0 Å². The quantitative estimate of drug-likeness (QED) is 0.419. The normalized spacial score (nSPS) is 10.8. The number of ether oxygens (including phenoxy) is 2. The first-order valence-electron chi connectivity index (χ1n) is 8.44. The van der Waals surface area contributed by atoms with Crippen LogP contribution in [0.3, 0.4) is 0 Å². The number of hydrogen-bond acceptors (Lipinski definition) is 4. The maximum Gasteiger partial charge on any atom is 0.145 e. The highest BCUT2D eigenvalue weighted by Gasteiger charge is 2.08. The standard InChI is InChI=1S/C21H23NO2S/c1-15-8-10-17(11-9-15)24-12-5-13-25-20-14-16(2)18-6-4-7-19(23-3)21(18)22-20/h4,6-11,14H,5,12-13H2,1-3H3. The molecule has 0 atom stereocenters. The molecule has 0 amide bonds. The summed E-state index contributed by atoms with van der Waals surface area (Å²) in [5.74, 6) is 2.73. The fourth-order valence-corrected chi connectivity index (χ4v) is 3.55. The molecule has 0 aliphatic rings. The lowest BCUT2D eigenvalue weighted by Crippen LogP contribution is -1.99. The molecule has 130 valence electrons. The second kappa shape index (κ2) is 8.26. The SMILES string of the molecule is COc1cccc2c(C)cc(SCCCOc3ccc(C)cc3)nc12. The number of aromatic nitrogens is 1. The van der Waals surface area contributed by atoms with E-state index in [1.54, 1.807) is 18.9 Å². The van der Waals surface area contributed by atoms with Gasteiger partial charge in [0.15, 0.2) is 0 Å². The van der Waals surface area contributed by atoms with E-state index in [0.717, 1.165) is 39.6 Å². The molecule has 4 heteroatoms. The first-order chi connectivity index (χ1) is 12.2. The van der Waals surface area contributed by atoms with Gasteiger partial charge in [0.25, 0.3) is 0 Å². The van der Waals surface area contributed by atoms with E-state index in [2.05, 4.69) is 38.1 Å². The largest absolute Gasteiger partial charge is 0.494 e. The van der Waals surface area contributed by atoms with E-state index in [-0.39, 0.29) is 0 Å². The summed E-state index contributed by atoms with van der Waals surface area (Å²) in [5, 5.41) is 2.18. The third-order valence-corrected chi connectivity index (χ3v) is 5.03. The molecule has 2 aromatic carbocycles. The third-order valence-electron chi connectivity index (χ3n) is 4.03. The Morgan fingerprint density at radius 2 is 1.84 bits per heavy atom. The molecule has 0 radical (unpaired) electrons. The molecule has 0 N–H and O–H groups in total. The molecule has 0 aliphatic carbocycles. The molecule has 3 nitrogen and oxygen atoms in total. The van der Waals surface area contributed by atoms with Crippen LogP contribution in [0.5, 0.6) is 11.5 Å². The van der Waals surface area contributed by atoms with Gasteiger partial charge in [0.2, 0.25) is 0 Å². The molecule has 0 spiro atoms. The Bertz CT molecular complexity index is 846. The van der Waals surface area contributed by atoms with Crippen molar-refractivity contribution in [2.75, 3.05) is 19.5 Å². The number of thioether (sulfide) groups is 1. The zero-order chi connectivity index (χ0) is 17.6. The monoisotopic (exact) mass is 353 g/mol. The zero-order valence-corrected chi connectivity index (χ0v) is 15.7. The zero-order valence-electron chi connectivity index (χ0n) is 14.9. The van der Waals surface area contributed by atoms with E-state index in [0.29, 0.717) is 6.61 Å². The van der Waals surface area contributed by atoms with Crippen molar-refractivity contribution in [3.63, 3.8) is 0 Å². The molecule has 0 saturated heterocycles. The van der Waals surface area contributed by atoms with Gasteiger partial charge >= 0.3 is 0 Å². The van der Waals surface area contributed by atoms with E-state index in [1.165, 1.54) is 11.1 Å². The fraction of sp³-hybridized carbons (Fsp3) is 0.286. The van der Waals surface area contributed by atoms with Crippen molar-refractivity contribution >= 4 is 22.7 Å². The van der Waals surface area contributed by atoms with Crippen molar-refractivity contribution in [2.24, 2.45) is 0 Å². The van der Waals surface area contributed by atoms with Crippen LogP contribution >= 0.6 is 11.8 Å². The van der Waals surface area contributed by atoms with Crippen molar-refractivity contribution in [1.82, 2.24) is 4.98 Å². The van der Waals surface area contributed by atoms with Crippen molar-refractivity contribution < 1.29 is 9.47 Å². The molecule has 0 unspecified atom stereocenters. The van der Waals surface area contributed by atoms with Gasteiger partial charge in [-0.3, -0.25) is 0 Å². The molecule has 0 saturated carbocycles. The second-order valence-electron chi connectivity index (χ2n) is 6.00. The highest BCUT2D eigenvalue weighted by molar-refractivity contribution is 7.99. The summed E-state index contributed by atoms with van der Waals surface area (Å²) >= 11 is 1.76. The Morgan fingerprint density at radius 3 is 2.60 bits per heavy atom. The average molecular weight is 353 g/mol. The smallest absolute Gasteiger partial charge is 0.145 e. The highest BCUT2D eigenvalue weighted by Crippen LogP contribution is 2.29. The Balaban J connectivity index is 1.57. The Hall–Kier alpha value is -2.20. The van der Waals surface area contributed by atoms with Gasteiger partial charge in [-0.2, -0.15) is 0 Å². The van der Waals surface area contributed by atoms with Crippen molar-refractivity contribution in [1.29, 1.82) is 0 Å². The number of fused-ring (bicyclic) bond motifs is 1. The molecule has 0 aliphatic heterocycles. The summed E-state index contributed by atoms with van der Waals surface area (Å²) in [4.78, 5) is 4.77. The van der Waals surface area contributed by atoms with E-state index < -0.39 is 0 Å². The number of pyridine rings is 1. The fourth-order valence-electron chi connectivity index (χ4n) is 2.66. The van der Waals surface area contributed by atoms with Crippen LogP contribution in [-0.4, -0.2) is 24.5 Å². The number of methoxy groups -OCH3 is 1. The minimum Gasteiger partial charge on any atom is -0.494 e. The van der Waals surface area contributed by atoms with Gasteiger partial charge in [-0.15, -0.1) is 11.8 Å². The maximum atomic E-state index is 5.78. The topological polar surface area (TPSA) is 31.4 Å². The summed E-state index contributed by atoms with van der Waals surface area (Å²) in [6.45, 7) is 4.91. The van der Waals surface area contributed by atoms with Crippen LogP contribution in [0.2, 0.25) is 0 Å². The van der Waals surface area contributed by atoms with Gasteiger partial charge in [-0.1, -0.05) is 29.8 Å². The first kappa shape index (κ1) is 17.6. The summed E-state index contributed by atoms with van der Waals surface area (Å²) < 4.78 is 11.2. The van der Waals surface area contributed by atoms with Gasteiger partial charge in [0, 0.05) is 11.1 Å². The van der Waals surface area contributed by atoms with Crippen LogP contribution in [0.4, 0.5) is 0 Å². The Labute approximate surface area is 153 Å². The van der Waals surface area contributed by atoms with E-state index in [4.69, 9.17) is 14.5 Å². The van der Waals surface area contributed by atoms with Gasteiger partial charge in [0.05, 0.1) is 18.7 Å². The molecule has 0 fully saturated rings. The van der Waals surface area contributed by atoms with Gasteiger partial charge in [0.1, 0.15) is 17.0 Å². The van der Waals surface area contributed by atoms with Crippen LogP contribution in [-0.2, 0) is 0 Å². The highest BCUT2D eigenvalue weighted by atomic mass is 32.2. The van der Waals surface area contributed by atoms with Crippen molar-refractivity contribution in [3.8, 4) is 11.5 Å². The molecule has 25 heavy (non-hydrogen) atoms. The predicted molar refractivity (Wildman–Crippen MR) is 105 cm³/mol. The maximum absolute atomic E-state index is 5.78.